The van der Waals surface area contributed by atoms with E-state index in [4.69, 9.17) is 4.74 Å². The van der Waals surface area contributed by atoms with Crippen LogP contribution >= 0.6 is 0 Å². The molecule has 1 aromatic carbocycles. The first kappa shape index (κ1) is 20.7. The minimum atomic E-state index is -1.07. The molecule has 0 fully saturated rings. The van der Waals surface area contributed by atoms with Crippen LogP contribution in [-0.4, -0.2) is 41.3 Å². The van der Waals surface area contributed by atoms with Gasteiger partial charge in [-0.1, -0.05) is 26.0 Å². The Morgan fingerprint density at radius 3 is 2.52 bits per heavy atom. The molecule has 6 heteroatoms. The van der Waals surface area contributed by atoms with Gasteiger partial charge in [0.1, 0.15) is 6.04 Å². The van der Waals surface area contributed by atoms with Crippen molar-refractivity contribution in [3.8, 4) is 5.69 Å². The maximum atomic E-state index is 12.7. The Bertz CT molecular complexity index is 824. The van der Waals surface area contributed by atoms with E-state index in [1.165, 1.54) is 12.7 Å². The van der Waals surface area contributed by atoms with Crippen LogP contribution < -0.4 is 5.32 Å². The lowest BCUT2D eigenvalue weighted by molar-refractivity contribution is -0.139. The van der Waals surface area contributed by atoms with E-state index in [2.05, 4.69) is 31.3 Å². The first-order chi connectivity index (χ1) is 12.8. The molecule has 1 atom stereocenters. The van der Waals surface area contributed by atoms with Crippen LogP contribution in [0, 0.1) is 13.8 Å². The molecule has 1 heterocycles. The lowest BCUT2D eigenvalue weighted by atomic mass is 10.0. The first-order valence-electron chi connectivity index (χ1n) is 9.08. The molecule has 0 spiro atoms. The van der Waals surface area contributed by atoms with Gasteiger partial charge in [-0.25, -0.2) is 4.79 Å². The predicted octanol–water partition coefficient (Wildman–Crippen LogP) is 3.44. The van der Waals surface area contributed by atoms with Gasteiger partial charge in [0, 0.05) is 37.2 Å². The number of carbonyl (C=O) groups excluding carboxylic acids is 1. The largest absolute Gasteiger partial charge is 0.480 e. The lowest BCUT2D eigenvalue weighted by Gasteiger charge is -2.15. The molecular weight excluding hydrogens is 344 g/mol. The van der Waals surface area contributed by atoms with Gasteiger partial charge < -0.3 is 19.7 Å². The Morgan fingerprint density at radius 2 is 1.93 bits per heavy atom. The highest BCUT2D eigenvalue weighted by molar-refractivity contribution is 5.98. The highest BCUT2D eigenvalue weighted by Crippen LogP contribution is 2.24. The third-order valence-corrected chi connectivity index (χ3v) is 4.68. The Balaban J connectivity index is 2.33. The van der Waals surface area contributed by atoms with Crippen molar-refractivity contribution in [2.24, 2.45) is 0 Å². The Hall–Kier alpha value is -2.60. The topological polar surface area (TPSA) is 80.6 Å². The lowest BCUT2D eigenvalue weighted by Crippen LogP contribution is -2.41. The van der Waals surface area contributed by atoms with Crippen LogP contribution in [-0.2, 0) is 9.53 Å². The maximum Gasteiger partial charge on any atom is 0.326 e. The second-order valence-corrected chi connectivity index (χ2v) is 7.02. The van der Waals surface area contributed by atoms with Crippen molar-refractivity contribution in [3.63, 3.8) is 0 Å². The molecule has 1 unspecified atom stereocenters. The van der Waals surface area contributed by atoms with Crippen LogP contribution in [0.2, 0.25) is 0 Å². The van der Waals surface area contributed by atoms with Gasteiger partial charge in [0.2, 0.25) is 0 Å². The van der Waals surface area contributed by atoms with Crippen LogP contribution in [0.1, 0.15) is 53.5 Å². The summed E-state index contributed by atoms with van der Waals surface area (Å²) in [6.07, 6.45) is 0.215. The van der Waals surface area contributed by atoms with Crippen LogP contribution in [0.15, 0.2) is 30.3 Å². The van der Waals surface area contributed by atoms with Gasteiger partial charge in [0.05, 0.1) is 5.56 Å². The number of amides is 1. The molecule has 6 nitrogen and oxygen atoms in total. The van der Waals surface area contributed by atoms with Gasteiger partial charge in [0.25, 0.3) is 5.91 Å². The van der Waals surface area contributed by atoms with Crippen LogP contribution in [0.25, 0.3) is 5.69 Å². The van der Waals surface area contributed by atoms with Crippen molar-refractivity contribution in [2.45, 2.75) is 46.1 Å². The molecule has 1 aromatic heterocycles. The summed E-state index contributed by atoms with van der Waals surface area (Å²) >= 11 is 0. The number of aryl methyl sites for hydroxylation is 1. The van der Waals surface area contributed by atoms with Gasteiger partial charge in [-0.15, -0.1) is 0 Å². The molecule has 0 aliphatic heterocycles. The zero-order valence-corrected chi connectivity index (χ0v) is 16.6. The number of carboxylic acids is 1. The highest BCUT2D eigenvalue weighted by Gasteiger charge is 2.23. The average molecular weight is 372 g/mol. The van der Waals surface area contributed by atoms with E-state index in [-0.39, 0.29) is 13.0 Å². The number of nitrogens with zero attached hydrogens (tertiary/aromatic N) is 1. The smallest absolute Gasteiger partial charge is 0.326 e. The van der Waals surface area contributed by atoms with Gasteiger partial charge in [0.15, 0.2) is 0 Å². The van der Waals surface area contributed by atoms with E-state index in [1.807, 2.05) is 30.5 Å². The monoisotopic (exact) mass is 372 g/mol. The number of aromatic nitrogens is 1. The average Bonchev–Trinajstić information content (AvgIpc) is 2.92. The fourth-order valence-electron chi connectivity index (χ4n) is 3.14. The molecule has 146 valence electrons. The van der Waals surface area contributed by atoms with E-state index in [9.17, 15) is 14.7 Å². The summed E-state index contributed by atoms with van der Waals surface area (Å²) in [7, 11) is 1.50. The van der Waals surface area contributed by atoms with E-state index in [0.717, 1.165) is 17.1 Å². The van der Waals surface area contributed by atoms with Crippen LogP contribution in [0.3, 0.4) is 0 Å². The molecule has 2 aromatic rings. The molecule has 0 saturated heterocycles. The molecule has 0 saturated carbocycles. The zero-order chi connectivity index (χ0) is 20.1. The van der Waals surface area contributed by atoms with E-state index in [0.29, 0.717) is 11.5 Å². The van der Waals surface area contributed by atoms with Crippen LogP contribution in [0.5, 0.6) is 0 Å². The number of benzene rings is 1. The number of hydrogen-bond donors (Lipinski definition) is 2. The summed E-state index contributed by atoms with van der Waals surface area (Å²) < 4.78 is 6.95. The van der Waals surface area contributed by atoms with Gasteiger partial charge in [-0.05, 0) is 43.5 Å². The molecule has 1 amide bonds. The molecule has 27 heavy (non-hydrogen) atoms. The number of ether oxygens (including phenoxy) is 1. The van der Waals surface area contributed by atoms with Crippen molar-refractivity contribution in [1.82, 2.24) is 9.88 Å². The third kappa shape index (κ3) is 4.77. The number of methoxy groups -OCH3 is 1. The fraction of sp³-hybridized carbons (Fsp3) is 0.429. The van der Waals surface area contributed by atoms with Crippen molar-refractivity contribution in [3.05, 3.63) is 52.8 Å². The minimum absolute atomic E-state index is 0.215. The summed E-state index contributed by atoms with van der Waals surface area (Å²) in [5, 5.41) is 11.9. The third-order valence-electron chi connectivity index (χ3n) is 4.68. The van der Waals surface area contributed by atoms with E-state index < -0.39 is 17.9 Å². The Kier molecular flexibility index (Phi) is 6.80. The van der Waals surface area contributed by atoms with Gasteiger partial charge >= 0.3 is 5.97 Å². The fourth-order valence-corrected chi connectivity index (χ4v) is 3.14. The molecule has 0 radical (unpaired) electrons. The Morgan fingerprint density at radius 1 is 1.22 bits per heavy atom. The number of hydrogen-bond acceptors (Lipinski definition) is 3. The standard InChI is InChI=1S/C21H28N2O4/c1-13(2)16-7-6-8-17(12-16)23-14(3)11-18(15(23)4)20(24)22-19(21(25)26)9-10-27-5/h6-8,11-13,19H,9-10H2,1-5H3,(H,22,24)(H,25,26). The molecule has 0 aliphatic carbocycles. The van der Waals surface area contributed by atoms with E-state index in [1.54, 1.807) is 6.07 Å². The number of carboxylic acid groups (broad SMARTS) is 1. The number of carbonyl (C=O) groups is 2. The second kappa shape index (κ2) is 8.86. The molecular formula is C21H28N2O4. The van der Waals surface area contributed by atoms with Crippen molar-refractivity contribution >= 4 is 11.9 Å². The van der Waals surface area contributed by atoms with E-state index >= 15 is 0 Å². The molecule has 2 rings (SSSR count). The van der Waals surface area contributed by atoms with Crippen molar-refractivity contribution in [1.29, 1.82) is 0 Å². The SMILES string of the molecule is COCCC(NC(=O)c1cc(C)n(-c2cccc(C(C)C)c2)c1C)C(=O)O. The van der Waals surface area contributed by atoms with Crippen LogP contribution in [0.4, 0.5) is 0 Å². The first-order valence-corrected chi connectivity index (χ1v) is 9.08. The summed E-state index contributed by atoms with van der Waals surface area (Å²) in [5.41, 5.74) is 4.39. The zero-order valence-electron chi connectivity index (χ0n) is 16.6. The second-order valence-electron chi connectivity index (χ2n) is 7.02. The highest BCUT2D eigenvalue weighted by atomic mass is 16.5. The number of nitrogens with one attached hydrogen (secondary N) is 1. The number of aliphatic carboxylic acids is 1. The summed E-state index contributed by atoms with van der Waals surface area (Å²) in [6, 6.07) is 9.03. The minimum Gasteiger partial charge on any atom is -0.480 e. The molecule has 0 bridgehead atoms. The predicted molar refractivity (Wildman–Crippen MR) is 105 cm³/mol. The summed E-state index contributed by atoms with van der Waals surface area (Å²) in [4.78, 5) is 24.1. The van der Waals surface area contributed by atoms with Crippen molar-refractivity contribution in [2.75, 3.05) is 13.7 Å². The maximum absolute atomic E-state index is 12.7. The Labute approximate surface area is 160 Å². The molecule has 0 aliphatic rings. The summed E-state index contributed by atoms with van der Waals surface area (Å²) in [5.74, 6) is -1.06. The molecule has 2 N–H and O–H groups in total. The normalized spacial score (nSPS) is 12.2. The number of rotatable bonds is 8. The van der Waals surface area contributed by atoms with Gasteiger partial charge in [-0.2, -0.15) is 0 Å². The summed E-state index contributed by atoms with van der Waals surface area (Å²) in [6.45, 7) is 8.34. The quantitative estimate of drug-likeness (QED) is 0.744. The van der Waals surface area contributed by atoms with Gasteiger partial charge in [-0.3, -0.25) is 4.79 Å². The van der Waals surface area contributed by atoms with Crippen molar-refractivity contribution < 1.29 is 19.4 Å².